The van der Waals surface area contributed by atoms with Crippen LogP contribution in [-0.4, -0.2) is 58.0 Å². The lowest BCUT2D eigenvalue weighted by Gasteiger charge is -2.15. The van der Waals surface area contributed by atoms with Gasteiger partial charge in [0.15, 0.2) is 0 Å². The normalized spacial score (nSPS) is 7.95. The minimum Gasteiger partial charge on any atom is -0.481 e. The van der Waals surface area contributed by atoms with Crippen molar-refractivity contribution in [2.45, 2.75) is 41.5 Å². The fourth-order valence-corrected chi connectivity index (χ4v) is 0.589. The summed E-state index contributed by atoms with van der Waals surface area (Å²) < 4.78 is 0. The molecule has 0 saturated heterocycles. The van der Waals surface area contributed by atoms with Gasteiger partial charge >= 0.3 is 0 Å². The van der Waals surface area contributed by atoms with Crippen LogP contribution in [0.15, 0.2) is 0 Å². The van der Waals surface area contributed by atoms with Gasteiger partial charge in [-0.3, -0.25) is 19.2 Å². The Labute approximate surface area is 119 Å². The Morgan fingerprint density at radius 2 is 1.00 bits per heavy atom. The number of aliphatic carboxylic acids is 3. The summed E-state index contributed by atoms with van der Waals surface area (Å²) in [4.78, 5) is 32.2. The van der Waals surface area contributed by atoms with E-state index >= 15 is 0 Å². The van der Waals surface area contributed by atoms with Gasteiger partial charge in [-0.15, -0.1) is 0 Å². The minimum absolute atomic E-state index is 0.779. The second-order valence-electron chi connectivity index (χ2n) is 3.09. The van der Waals surface area contributed by atoms with E-state index in [4.69, 9.17) is 34.5 Å². The molecule has 0 radical (unpaired) electrons. The SMILES string of the molecule is CC(=O)O.CC(=O)O.CC(=O)O.CCON(CC)CC. The summed E-state index contributed by atoms with van der Waals surface area (Å²) in [6.07, 6.45) is 0. The lowest BCUT2D eigenvalue weighted by atomic mass is 10.6. The van der Waals surface area contributed by atoms with Gasteiger partial charge in [0.2, 0.25) is 0 Å². The van der Waals surface area contributed by atoms with Gasteiger partial charge in [0.25, 0.3) is 17.9 Å². The molecule has 0 fully saturated rings. The fourth-order valence-electron chi connectivity index (χ4n) is 0.589. The number of rotatable bonds is 4. The molecular formula is C12H27NO7. The van der Waals surface area contributed by atoms with Gasteiger partial charge in [-0.25, -0.2) is 0 Å². The van der Waals surface area contributed by atoms with Crippen LogP contribution in [0.2, 0.25) is 0 Å². The molecule has 0 aliphatic heterocycles. The Balaban J connectivity index is -0.0000000917. The molecule has 0 aromatic rings. The van der Waals surface area contributed by atoms with E-state index in [1.165, 1.54) is 0 Å². The van der Waals surface area contributed by atoms with Crippen molar-refractivity contribution in [1.29, 1.82) is 0 Å². The molecule has 0 bridgehead atoms. The average Bonchev–Trinajstić information content (AvgIpc) is 2.23. The highest BCUT2D eigenvalue weighted by atomic mass is 16.7. The summed E-state index contributed by atoms with van der Waals surface area (Å²) >= 11 is 0. The Bertz CT molecular complexity index is 199. The summed E-state index contributed by atoms with van der Waals surface area (Å²) in [6.45, 7) is 12.1. The Kier molecular flexibility index (Phi) is 30.2. The van der Waals surface area contributed by atoms with Crippen LogP contribution in [0.4, 0.5) is 0 Å². The maximum atomic E-state index is 9.00. The zero-order chi connectivity index (χ0) is 17.1. The van der Waals surface area contributed by atoms with E-state index < -0.39 is 17.9 Å². The first-order valence-electron chi connectivity index (χ1n) is 6.01. The van der Waals surface area contributed by atoms with Gasteiger partial charge in [0.1, 0.15) is 0 Å². The van der Waals surface area contributed by atoms with Crippen LogP contribution in [0.1, 0.15) is 41.5 Å². The van der Waals surface area contributed by atoms with Gasteiger partial charge in [-0.1, -0.05) is 13.8 Å². The van der Waals surface area contributed by atoms with Crippen molar-refractivity contribution in [3.8, 4) is 0 Å². The van der Waals surface area contributed by atoms with Crippen molar-refractivity contribution < 1.29 is 34.5 Å². The molecule has 8 heteroatoms. The van der Waals surface area contributed by atoms with Crippen molar-refractivity contribution >= 4 is 17.9 Å². The average molecular weight is 297 g/mol. The Hall–Kier alpha value is -1.67. The van der Waals surface area contributed by atoms with Gasteiger partial charge < -0.3 is 15.3 Å². The molecule has 0 atom stereocenters. The molecule has 0 saturated carbocycles. The molecule has 0 rings (SSSR count). The maximum Gasteiger partial charge on any atom is 0.300 e. The zero-order valence-electron chi connectivity index (χ0n) is 13.0. The first kappa shape index (κ1) is 26.8. The second kappa shape index (κ2) is 22.5. The summed E-state index contributed by atoms with van der Waals surface area (Å²) in [6, 6.07) is 0. The molecule has 0 aliphatic carbocycles. The minimum atomic E-state index is -0.833. The smallest absolute Gasteiger partial charge is 0.300 e. The van der Waals surface area contributed by atoms with Gasteiger partial charge in [0.05, 0.1) is 6.61 Å². The molecular weight excluding hydrogens is 270 g/mol. The molecule has 20 heavy (non-hydrogen) atoms. The van der Waals surface area contributed by atoms with Gasteiger partial charge in [-0.2, -0.15) is 5.06 Å². The number of hydrogen-bond acceptors (Lipinski definition) is 5. The summed E-state index contributed by atoms with van der Waals surface area (Å²) in [7, 11) is 0. The van der Waals surface area contributed by atoms with Crippen LogP contribution in [0.3, 0.4) is 0 Å². The predicted octanol–water partition coefficient (Wildman–Crippen LogP) is 1.55. The molecule has 0 aliphatic rings. The zero-order valence-corrected chi connectivity index (χ0v) is 13.0. The van der Waals surface area contributed by atoms with E-state index in [2.05, 4.69) is 13.8 Å². The van der Waals surface area contributed by atoms with Crippen LogP contribution in [0, 0.1) is 0 Å². The summed E-state index contributed by atoms with van der Waals surface area (Å²) in [5, 5.41) is 24.2. The van der Waals surface area contributed by atoms with E-state index in [1.54, 1.807) is 0 Å². The van der Waals surface area contributed by atoms with Crippen LogP contribution < -0.4 is 0 Å². The first-order chi connectivity index (χ1) is 9.04. The topological polar surface area (TPSA) is 124 Å². The molecule has 0 unspecified atom stereocenters. The van der Waals surface area contributed by atoms with Crippen molar-refractivity contribution in [2.75, 3.05) is 19.7 Å². The molecule has 0 aromatic carbocycles. The van der Waals surface area contributed by atoms with Crippen molar-refractivity contribution in [2.24, 2.45) is 0 Å². The predicted molar refractivity (Wildman–Crippen MR) is 74.5 cm³/mol. The molecule has 0 heterocycles. The maximum absolute atomic E-state index is 9.00. The van der Waals surface area contributed by atoms with Crippen LogP contribution in [0.25, 0.3) is 0 Å². The Morgan fingerprint density at radius 3 is 1.05 bits per heavy atom. The van der Waals surface area contributed by atoms with Crippen molar-refractivity contribution in [1.82, 2.24) is 5.06 Å². The lowest BCUT2D eigenvalue weighted by Crippen LogP contribution is -2.22. The van der Waals surface area contributed by atoms with E-state index in [-0.39, 0.29) is 0 Å². The molecule has 8 nitrogen and oxygen atoms in total. The van der Waals surface area contributed by atoms with Gasteiger partial charge in [-0.05, 0) is 6.92 Å². The Morgan fingerprint density at radius 1 is 0.800 bits per heavy atom. The summed E-state index contributed by atoms with van der Waals surface area (Å²) in [5.41, 5.74) is 0. The van der Waals surface area contributed by atoms with Gasteiger partial charge in [0, 0.05) is 33.9 Å². The number of hydrogen-bond donors (Lipinski definition) is 3. The molecule has 0 spiro atoms. The highest BCUT2D eigenvalue weighted by Crippen LogP contribution is 1.86. The monoisotopic (exact) mass is 297 g/mol. The number of carboxylic acids is 3. The molecule has 3 N–H and O–H groups in total. The molecule has 0 aromatic heterocycles. The number of carbonyl (C=O) groups is 3. The summed E-state index contributed by atoms with van der Waals surface area (Å²) in [5.74, 6) is -2.50. The van der Waals surface area contributed by atoms with Crippen molar-refractivity contribution in [3.63, 3.8) is 0 Å². The van der Waals surface area contributed by atoms with Crippen LogP contribution in [-0.2, 0) is 19.2 Å². The largest absolute Gasteiger partial charge is 0.481 e. The number of nitrogens with zero attached hydrogens (tertiary/aromatic N) is 1. The number of hydroxylamine groups is 2. The van der Waals surface area contributed by atoms with E-state index in [0.717, 1.165) is 40.5 Å². The first-order valence-corrected chi connectivity index (χ1v) is 6.01. The van der Waals surface area contributed by atoms with Crippen LogP contribution in [0.5, 0.6) is 0 Å². The quantitative estimate of drug-likeness (QED) is 0.667. The van der Waals surface area contributed by atoms with Crippen LogP contribution >= 0.6 is 0 Å². The highest BCUT2D eigenvalue weighted by molar-refractivity contribution is 5.63. The molecule has 122 valence electrons. The third kappa shape index (κ3) is 135. The second-order valence-corrected chi connectivity index (χ2v) is 3.09. The highest BCUT2D eigenvalue weighted by Gasteiger charge is 1.93. The van der Waals surface area contributed by atoms with E-state index in [1.807, 2.05) is 12.0 Å². The third-order valence-electron chi connectivity index (χ3n) is 1.02. The standard InChI is InChI=1S/C6H15NO.3C2H4O2/c1-4-7(5-2)8-6-3;3*1-2(3)4/h4-6H2,1-3H3;3*1H3,(H,3,4). The number of carboxylic acid groups (broad SMARTS) is 3. The molecule has 0 amide bonds. The van der Waals surface area contributed by atoms with Crippen molar-refractivity contribution in [3.05, 3.63) is 0 Å². The van der Waals surface area contributed by atoms with E-state index in [9.17, 15) is 0 Å². The lowest BCUT2D eigenvalue weighted by molar-refractivity contribution is -0.147. The third-order valence-corrected chi connectivity index (χ3v) is 1.02. The fraction of sp³-hybridized carbons (Fsp3) is 0.750. The van der Waals surface area contributed by atoms with E-state index in [0.29, 0.717) is 0 Å².